The molecule has 1 saturated carbocycles. The zero-order valence-electron chi connectivity index (χ0n) is 14.6. The molecule has 128 valence electrons. The molecule has 1 fully saturated rings. The second-order valence-corrected chi connectivity index (χ2v) is 6.69. The van der Waals surface area contributed by atoms with Crippen LogP contribution in [-0.2, 0) is 6.42 Å². The highest BCUT2D eigenvalue weighted by atomic mass is 16.2. The van der Waals surface area contributed by atoms with E-state index >= 15 is 0 Å². The van der Waals surface area contributed by atoms with Crippen molar-refractivity contribution in [3.8, 4) is 5.69 Å². The van der Waals surface area contributed by atoms with E-state index in [4.69, 9.17) is 0 Å². The molecule has 0 saturated heterocycles. The second-order valence-electron chi connectivity index (χ2n) is 6.69. The zero-order chi connectivity index (χ0) is 16.9. The van der Waals surface area contributed by atoms with Crippen LogP contribution >= 0.6 is 0 Å². The van der Waals surface area contributed by atoms with Gasteiger partial charge in [0.1, 0.15) is 0 Å². The number of benzene rings is 1. The Balaban J connectivity index is 1.84. The Morgan fingerprint density at radius 2 is 1.92 bits per heavy atom. The molecular formula is C19H26N4O. The van der Waals surface area contributed by atoms with Crippen LogP contribution < -0.4 is 5.32 Å². The smallest absolute Gasteiger partial charge is 0.273 e. The first kappa shape index (κ1) is 16.7. The standard InChI is InChI=1S/C19H26N4O/c1-3-7-17-18(19(24)20-15-8-5-4-6-9-15)21-22-23(17)16-12-10-14(2)11-13-16/h10-13,15H,3-9H2,1-2H3,(H,20,24). The van der Waals surface area contributed by atoms with Gasteiger partial charge < -0.3 is 5.32 Å². The minimum absolute atomic E-state index is 0.0799. The van der Waals surface area contributed by atoms with E-state index < -0.39 is 0 Å². The molecule has 5 heteroatoms. The van der Waals surface area contributed by atoms with E-state index in [0.29, 0.717) is 5.69 Å². The maximum Gasteiger partial charge on any atom is 0.273 e. The molecule has 3 rings (SSSR count). The van der Waals surface area contributed by atoms with Gasteiger partial charge in [0.25, 0.3) is 5.91 Å². The van der Waals surface area contributed by atoms with Crippen LogP contribution in [0.3, 0.4) is 0 Å². The summed E-state index contributed by atoms with van der Waals surface area (Å²) in [5, 5.41) is 11.6. The van der Waals surface area contributed by atoms with Gasteiger partial charge in [-0.1, -0.05) is 55.5 Å². The number of hydrogen-bond acceptors (Lipinski definition) is 3. The van der Waals surface area contributed by atoms with Gasteiger partial charge in [-0.05, 0) is 38.3 Å². The van der Waals surface area contributed by atoms with Crippen molar-refractivity contribution < 1.29 is 4.79 Å². The van der Waals surface area contributed by atoms with Crippen LogP contribution in [0.25, 0.3) is 5.69 Å². The van der Waals surface area contributed by atoms with Gasteiger partial charge >= 0.3 is 0 Å². The highest BCUT2D eigenvalue weighted by Gasteiger charge is 2.23. The third-order valence-corrected chi connectivity index (χ3v) is 4.68. The first-order valence-corrected chi connectivity index (χ1v) is 9.01. The lowest BCUT2D eigenvalue weighted by atomic mass is 9.95. The molecule has 0 bridgehead atoms. The molecule has 0 unspecified atom stereocenters. The van der Waals surface area contributed by atoms with Crippen molar-refractivity contribution in [1.82, 2.24) is 20.3 Å². The summed E-state index contributed by atoms with van der Waals surface area (Å²) in [7, 11) is 0. The molecule has 0 spiro atoms. The van der Waals surface area contributed by atoms with Crippen LogP contribution in [0, 0.1) is 6.92 Å². The predicted molar refractivity (Wildman–Crippen MR) is 94.4 cm³/mol. The Bertz CT molecular complexity index is 684. The molecule has 1 amide bonds. The maximum atomic E-state index is 12.7. The van der Waals surface area contributed by atoms with Gasteiger partial charge in [0.15, 0.2) is 5.69 Å². The molecule has 1 aromatic heterocycles. The quantitative estimate of drug-likeness (QED) is 0.913. The highest BCUT2D eigenvalue weighted by Crippen LogP contribution is 2.19. The molecule has 24 heavy (non-hydrogen) atoms. The van der Waals surface area contributed by atoms with Crippen molar-refractivity contribution in [3.05, 3.63) is 41.2 Å². The third-order valence-electron chi connectivity index (χ3n) is 4.68. The fourth-order valence-electron chi connectivity index (χ4n) is 3.33. The van der Waals surface area contributed by atoms with Crippen molar-refractivity contribution in [2.24, 2.45) is 0 Å². The van der Waals surface area contributed by atoms with E-state index in [-0.39, 0.29) is 11.9 Å². The van der Waals surface area contributed by atoms with E-state index in [9.17, 15) is 4.79 Å². The normalized spacial score (nSPS) is 15.4. The Morgan fingerprint density at radius 3 is 2.58 bits per heavy atom. The summed E-state index contributed by atoms with van der Waals surface area (Å²) in [4.78, 5) is 12.7. The average molecular weight is 326 g/mol. The van der Waals surface area contributed by atoms with E-state index in [0.717, 1.165) is 37.1 Å². The van der Waals surface area contributed by atoms with Crippen LogP contribution in [0.15, 0.2) is 24.3 Å². The molecule has 1 aliphatic rings. The summed E-state index contributed by atoms with van der Waals surface area (Å²) in [6.07, 6.45) is 7.54. The molecule has 1 N–H and O–H groups in total. The number of nitrogens with one attached hydrogen (secondary N) is 1. The Kier molecular flexibility index (Phi) is 5.28. The summed E-state index contributed by atoms with van der Waals surface area (Å²) in [5.74, 6) is -0.0799. The van der Waals surface area contributed by atoms with Gasteiger partial charge in [-0.3, -0.25) is 4.79 Å². The molecular weight excluding hydrogens is 300 g/mol. The number of aryl methyl sites for hydroxylation is 1. The minimum atomic E-state index is -0.0799. The topological polar surface area (TPSA) is 59.8 Å². The van der Waals surface area contributed by atoms with Crippen LogP contribution in [0.5, 0.6) is 0 Å². The Labute approximate surface area is 143 Å². The van der Waals surface area contributed by atoms with Crippen molar-refractivity contribution >= 4 is 5.91 Å². The number of aromatic nitrogens is 3. The zero-order valence-corrected chi connectivity index (χ0v) is 14.6. The molecule has 1 heterocycles. The Morgan fingerprint density at radius 1 is 1.21 bits per heavy atom. The van der Waals surface area contributed by atoms with Crippen LogP contribution in [-0.4, -0.2) is 26.9 Å². The number of carbonyl (C=O) groups is 1. The highest BCUT2D eigenvalue weighted by molar-refractivity contribution is 5.93. The summed E-state index contributed by atoms with van der Waals surface area (Å²) in [5.41, 5.74) is 3.53. The Hall–Kier alpha value is -2.17. The summed E-state index contributed by atoms with van der Waals surface area (Å²) in [6, 6.07) is 8.42. The minimum Gasteiger partial charge on any atom is -0.348 e. The number of hydrogen-bond donors (Lipinski definition) is 1. The lowest BCUT2D eigenvalue weighted by Gasteiger charge is -2.22. The number of rotatable bonds is 5. The molecule has 0 atom stereocenters. The van der Waals surface area contributed by atoms with Gasteiger partial charge in [-0.25, -0.2) is 4.68 Å². The fraction of sp³-hybridized carbons (Fsp3) is 0.526. The van der Waals surface area contributed by atoms with Crippen LogP contribution in [0.4, 0.5) is 0 Å². The van der Waals surface area contributed by atoms with Crippen LogP contribution in [0.2, 0.25) is 0 Å². The summed E-state index contributed by atoms with van der Waals surface area (Å²) >= 11 is 0. The van der Waals surface area contributed by atoms with Crippen LogP contribution in [0.1, 0.15) is 67.2 Å². The van der Waals surface area contributed by atoms with E-state index in [2.05, 4.69) is 41.6 Å². The van der Waals surface area contributed by atoms with Gasteiger partial charge in [-0.2, -0.15) is 0 Å². The SMILES string of the molecule is CCCc1c(C(=O)NC2CCCCC2)nnn1-c1ccc(C)cc1. The number of nitrogens with zero attached hydrogens (tertiary/aromatic N) is 3. The largest absolute Gasteiger partial charge is 0.348 e. The first-order valence-electron chi connectivity index (χ1n) is 9.01. The molecule has 5 nitrogen and oxygen atoms in total. The van der Waals surface area contributed by atoms with E-state index in [1.807, 2.05) is 12.1 Å². The maximum absolute atomic E-state index is 12.7. The third kappa shape index (κ3) is 3.66. The molecule has 0 aliphatic heterocycles. The summed E-state index contributed by atoms with van der Waals surface area (Å²) in [6.45, 7) is 4.16. The number of carbonyl (C=O) groups excluding carboxylic acids is 1. The lowest BCUT2D eigenvalue weighted by Crippen LogP contribution is -2.36. The number of amides is 1. The predicted octanol–water partition coefficient (Wildman–Crippen LogP) is 3.59. The lowest BCUT2D eigenvalue weighted by molar-refractivity contribution is 0.0921. The first-order chi connectivity index (χ1) is 11.7. The van der Waals surface area contributed by atoms with Crippen molar-refractivity contribution in [1.29, 1.82) is 0 Å². The average Bonchev–Trinajstić information content (AvgIpc) is 3.01. The molecule has 1 aliphatic carbocycles. The fourth-order valence-corrected chi connectivity index (χ4v) is 3.33. The molecule has 0 radical (unpaired) electrons. The van der Waals surface area contributed by atoms with Crippen molar-refractivity contribution in [2.45, 2.75) is 64.8 Å². The van der Waals surface area contributed by atoms with Crippen molar-refractivity contribution in [3.63, 3.8) is 0 Å². The molecule has 2 aromatic rings. The monoisotopic (exact) mass is 326 g/mol. The van der Waals surface area contributed by atoms with Gasteiger partial charge in [0, 0.05) is 6.04 Å². The van der Waals surface area contributed by atoms with Crippen molar-refractivity contribution in [2.75, 3.05) is 0 Å². The van der Waals surface area contributed by atoms with E-state index in [1.54, 1.807) is 4.68 Å². The van der Waals surface area contributed by atoms with E-state index in [1.165, 1.54) is 24.8 Å². The summed E-state index contributed by atoms with van der Waals surface area (Å²) < 4.78 is 1.80. The second kappa shape index (κ2) is 7.60. The van der Waals surface area contributed by atoms with Gasteiger partial charge in [-0.15, -0.1) is 5.10 Å². The molecule has 1 aromatic carbocycles. The van der Waals surface area contributed by atoms with Gasteiger partial charge in [0.05, 0.1) is 11.4 Å². The van der Waals surface area contributed by atoms with Gasteiger partial charge in [0.2, 0.25) is 0 Å².